The summed E-state index contributed by atoms with van der Waals surface area (Å²) < 4.78 is 0. The van der Waals surface area contributed by atoms with Gasteiger partial charge in [-0.25, -0.2) is 9.97 Å². The second-order valence-corrected chi connectivity index (χ2v) is 4.60. The number of likely N-dealkylation sites (tertiary alicyclic amines) is 1. The van der Waals surface area contributed by atoms with Crippen LogP contribution in [0.5, 0.6) is 0 Å². The number of hydrogen-bond acceptors (Lipinski definition) is 4. The van der Waals surface area contributed by atoms with E-state index in [1.54, 1.807) is 6.20 Å². The van der Waals surface area contributed by atoms with Gasteiger partial charge in [-0.3, -0.25) is 4.90 Å². The van der Waals surface area contributed by atoms with Gasteiger partial charge in [0.05, 0.1) is 6.61 Å². The molecule has 1 aromatic rings. The molecule has 0 aliphatic carbocycles. The Bertz CT molecular complexity index is 375. The van der Waals surface area contributed by atoms with Crippen molar-refractivity contribution < 1.29 is 5.11 Å². The molecule has 0 spiro atoms. The molecule has 6 heteroatoms. The van der Waals surface area contributed by atoms with Crippen molar-refractivity contribution in [3.05, 3.63) is 22.2 Å². The number of aliphatic hydroxyl groups excluding tert-OH is 1. The van der Waals surface area contributed by atoms with Gasteiger partial charge in [0.15, 0.2) is 0 Å². The highest BCUT2D eigenvalue weighted by Crippen LogP contribution is 2.22. The van der Waals surface area contributed by atoms with Crippen LogP contribution in [-0.2, 0) is 6.54 Å². The highest BCUT2D eigenvalue weighted by molar-refractivity contribution is 6.32. The van der Waals surface area contributed by atoms with Crippen molar-refractivity contribution in [1.29, 1.82) is 0 Å². The SMILES string of the molecule is OC[C@H]1CCCN1Cc1cnc(Cl)nc1Cl. The Morgan fingerprint density at radius 1 is 1.50 bits per heavy atom. The van der Waals surface area contributed by atoms with Gasteiger partial charge in [0.25, 0.3) is 0 Å². The molecular weight excluding hydrogens is 249 g/mol. The van der Waals surface area contributed by atoms with Gasteiger partial charge in [-0.1, -0.05) is 11.6 Å². The van der Waals surface area contributed by atoms with Crippen LogP contribution in [0.3, 0.4) is 0 Å². The lowest BCUT2D eigenvalue weighted by Gasteiger charge is -2.22. The van der Waals surface area contributed by atoms with E-state index in [4.69, 9.17) is 23.2 Å². The minimum Gasteiger partial charge on any atom is -0.395 e. The summed E-state index contributed by atoms with van der Waals surface area (Å²) >= 11 is 11.6. The predicted octanol–water partition coefficient (Wildman–Crippen LogP) is 1.74. The minimum absolute atomic E-state index is 0.161. The number of rotatable bonds is 3. The number of hydrogen-bond donors (Lipinski definition) is 1. The summed E-state index contributed by atoms with van der Waals surface area (Å²) in [5, 5.41) is 9.75. The van der Waals surface area contributed by atoms with E-state index in [0.717, 1.165) is 24.9 Å². The topological polar surface area (TPSA) is 49.2 Å². The molecule has 16 heavy (non-hydrogen) atoms. The molecule has 0 amide bonds. The number of nitrogens with zero attached hydrogens (tertiary/aromatic N) is 3. The Labute approximate surface area is 104 Å². The van der Waals surface area contributed by atoms with Crippen LogP contribution in [0.2, 0.25) is 10.4 Å². The van der Waals surface area contributed by atoms with Crippen LogP contribution in [0.1, 0.15) is 18.4 Å². The summed E-state index contributed by atoms with van der Waals surface area (Å²) in [6.45, 7) is 1.83. The summed E-state index contributed by atoms with van der Waals surface area (Å²) in [5.41, 5.74) is 0.853. The first-order valence-electron chi connectivity index (χ1n) is 5.22. The van der Waals surface area contributed by atoms with Gasteiger partial charge in [0.2, 0.25) is 5.28 Å². The number of halogens is 2. The molecule has 0 radical (unpaired) electrons. The highest BCUT2D eigenvalue weighted by Gasteiger charge is 2.24. The molecule has 1 aromatic heterocycles. The van der Waals surface area contributed by atoms with E-state index >= 15 is 0 Å². The zero-order valence-electron chi connectivity index (χ0n) is 8.74. The zero-order valence-corrected chi connectivity index (χ0v) is 10.2. The summed E-state index contributed by atoms with van der Waals surface area (Å²) in [6.07, 6.45) is 3.78. The number of aliphatic hydroxyl groups is 1. The van der Waals surface area contributed by atoms with E-state index in [0.29, 0.717) is 11.7 Å². The van der Waals surface area contributed by atoms with Crippen LogP contribution in [-0.4, -0.2) is 39.2 Å². The monoisotopic (exact) mass is 261 g/mol. The fourth-order valence-electron chi connectivity index (χ4n) is 2.00. The molecule has 4 nitrogen and oxygen atoms in total. The molecule has 2 heterocycles. The maximum absolute atomic E-state index is 9.20. The molecule has 1 aliphatic heterocycles. The summed E-state index contributed by atoms with van der Waals surface area (Å²) in [5.74, 6) is 0. The van der Waals surface area contributed by atoms with Crippen molar-refractivity contribution in [2.45, 2.75) is 25.4 Å². The van der Waals surface area contributed by atoms with Crippen LogP contribution >= 0.6 is 23.2 Å². The summed E-state index contributed by atoms with van der Waals surface area (Å²) in [7, 11) is 0. The van der Waals surface area contributed by atoms with Crippen molar-refractivity contribution in [2.75, 3.05) is 13.2 Å². The standard InChI is InChI=1S/C10H13Cl2N3O/c11-9-7(4-13-10(12)14-9)5-15-3-1-2-8(15)6-16/h4,8,16H,1-3,5-6H2/t8-/m1/s1. The Hall–Kier alpha value is -0.420. The molecule has 1 atom stereocenters. The van der Waals surface area contributed by atoms with Crippen molar-refractivity contribution in [2.24, 2.45) is 0 Å². The molecular formula is C10H13Cl2N3O. The van der Waals surface area contributed by atoms with Crippen molar-refractivity contribution in [1.82, 2.24) is 14.9 Å². The van der Waals surface area contributed by atoms with E-state index in [-0.39, 0.29) is 17.9 Å². The van der Waals surface area contributed by atoms with Gasteiger partial charge in [0, 0.05) is 24.3 Å². The average Bonchev–Trinajstić information content (AvgIpc) is 2.69. The van der Waals surface area contributed by atoms with Gasteiger partial charge in [-0.05, 0) is 31.0 Å². The Morgan fingerprint density at radius 2 is 2.31 bits per heavy atom. The molecule has 1 fully saturated rings. The Kier molecular flexibility index (Phi) is 3.97. The third kappa shape index (κ3) is 2.63. The molecule has 1 saturated heterocycles. The van der Waals surface area contributed by atoms with Gasteiger partial charge in [-0.2, -0.15) is 0 Å². The Balaban J connectivity index is 2.08. The predicted molar refractivity (Wildman–Crippen MR) is 62.6 cm³/mol. The Morgan fingerprint density at radius 3 is 3.00 bits per heavy atom. The van der Waals surface area contributed by atoms with E-state index in [1.165, 1.54) is 0 Å². The second kappa shape index (κ2) is 5.27. The molecule has 1 aliphatic rings. The molecule has 0 bridgehead atoms. The maximum atomic E-state index is 9.20. The van der Waals surface area contributed by atoms with Crippen LogP contribution in [0, 0.1) is 0 Å². The lowest BCUT2D eigenvalue weighted by Crippen LogP contribution is -2.31. The maximum Gasteiger partial charge on any atom is 0.223 e. The van der Waals surface area contributed by atoms with Crippen LogP contribution < -0.4 is 0 Å². The van der Waals surface area contributed by atoms with E-state index in [1.807, 2.05) is 0 Å². The highest BCUT2D eigenvalue weighted by atomic mass is 35.5. The van der Waals surface area contributed by atoms with E-state index < -0.39 is 0 Å². The fourth-order valence-corrected chi connectivity index (χ4v) is 2.37. The van der Waals surface area contributed by atoms with Crippen LogP contribution in [0.4, 0.5) is 0 Å². The van der Waals surface area contributed by atoms with Gasteiger partial charge in [-0.15, -0.1) is 0 Å². The molecule has 0 aromatic carbocycles. The quantitative estimate of drug-likeness (QED) is 0.666. The first kappa shape index (κ1) is 12.0. The largest absolute Gasteiger partial charge is 0.395 e. The molecule has 2 rings (SSSR count). The van der Waals surface area contributed by atoms with Crippen LogP contribution in [0.25, 0.3) is 0 Å². The first-order valence-corrected chi connectivity index (χ1v) is 5.98. The second-order valence-electron chi connectivity index (χ2n) is 3.90. The molecule has 1 N–H and O–H groups in total. The van der Waals surface area contributed by atoms with E-state index in [9.17, 15) is 5.11 Å². The lowest BCUT2D eigenvalue weighted by atomic mass is 10.2. The average molecular weight is 262 g/mol. The number of aromatic nitrogens is 2. The molecule has 0 unspecified atom stereocenters. The normalized spacial score (nSPS) is 21.6. The molecule has 0 saturated carbocycles. The van der Waals surface area contributed by atoms with Gasteiger partial charge >= 0.3 is 0 Å². The zero-order chi connectivity index (χ0) is 11.5. The summed E-state index contributed by atoms with van der Waals surface area (Å²) in [6, 6.07) is 0.228. The first-order chi connectivity index (χ1) is 7.70. The fraction of sp³-hybridized carbons (Fsp3) is 0.600. The minimum atomic E-state index is 0.161. The van der Waals surface area contributed by atoms with Crippen molar-refractivity contribution >= 4 is 23.2 Å². The molecule has 88 valence electrons. The van der Waals surface area contributed by atoms with Gasteiger partial charge in [0.1, 0.15) is 5.15 Å². The third-order valence-corrected chi connectivity index (χ3v) is 3.37. The van der Waals surface area contributed by atoms with Crippen molar-refractivity contribution in [3.8, 4) is 0 Å². The van der Waals surface area contributed by atoms with Gasteiger partial charge < -0.3 is 5.11 Å². The third-order valence-electron chi connectivity index (χ3n) is 2.87. The summed E-state index contributed by atoms with van der Waals surface area (Å²) in [4.78, 5) is 10.0. The smallest absolute Gasteiger partial charge is 0.223 e. The van der Waals surface area contributed by atoms with Crippen molar-refractivity contribution in [3.63, 3.8) is 0 Å². The van der Waals surface area contributed by atoms with Crippen LogP contribution in [0.15, 0.2) is 6.20 Å². The van der Waals surface area contributed by atoms with E-state index in [2.05, 4.69) is 14.9 Å². The lowest BCUT2D eigenvalue weighted by molar-refractivity contribution is 0.153.